The second-order valence-electron chi connectivity index (χ2n) is 7.38. The van der Waals surface area contributed by atoms with E-state index in [0.717, 1.165) is 63.1 Å². The first kappa shape index (κ1) is 18.0. The molecular formula is C20H27N5O2. The van der Waals surface area contributed by atoms with E-state index in [9.17, 15) is 4.79 Å². The van der Waals surface area contributed by atoms with Crippen molar-refractivity contribution in [1.29, 1.82) is 0 Å². The van der Waals surface area contributed by atoms with Gasteiger partial charge in [0.05, 0.1) is 19.3 Å². The molecule has 7 heteroatoms. The Kier molecular flexibility index (Phi) is 5.38. The minimum Gasteiger partial charge on any atom is -0.496 e. The molecular weight excluding hydrogens is 342 g/mol. The Hall–Kier alpha value is -2.41. The highest BCUT2D eigenvalue weighted by Gasteiger charge is 2.32. The lowest BCUT2D eigenvalue weighted by Gasteiger charge is -2.24. The molecule has 3 heterocycles. The molecule has 0 saturated carbocycles. The minimum atomic E-state index is -0.00687. The maximum absolute atomic E-state index is 13.1. The number of hydrogen-bond acceptors (Lipinski definition) is 5. The third-order valence-corrected chi connectivity index (χ3v) is 5.70. The molecule has 144 valence electrons. The summed E-state index contributed by atoms with van der Waals surface area (Å²) in [6.45, 7) is 2.75. The number of likely N-dealkylation sites (tertiary alicyclic amines) is 1. The molecule has 1 aromatic carbocycles. The Morgan fingerprint density at radius 3 is 2.89 bits per heavy atom. The van der Waals surface area contributed by atoms with Crippen molar-refractivity contribution < 1.29 is 9.53 Å². The predicted molar refractivity (Wildman–Crippen MR) is 102 cm³/mol. The number of para-hydroxylation sites is 1. The Balaban J connectivity index is 1.47. The zero-order chi connectivity index (χ0) is 18.6. The van der Waals surface area contributed by atoms with Gasteiger partial charge < -0.3 is 15.0 Å². The SMILES string of the molecule is COc1ccccc1C[C@@H]1CCCN1C(=O)c1cn(C2CCNCC2)nn1. The molecule has 1 amide bonds. The van der Waals surface area contributed by atoms with Crippen LogP contribution in [0.2, 0.25) is 0 Å². The highest BCUT2D eigenvalue weighted by Crippen LogP contribution is 2.27. The van der Waals surface area contributed by atoms with Gasteiger partial charge >= 0.3 is 0 Å². The zero-order valence-corrected chi connectivity index (χ0v) is 15.8. The average molecular weight is 369 g/mol. The van der Waals surface area contributed by atoms with Crippen LogP contribution in [0, 0.1) is 0 Å². The number of piperidine rings is 1. The molecule has 1 atom stereocenters. The van der Waals surface area contributed by atoms with E-state index in [1.165, 1.54) is 0 Å². The van der Waals surface area contributed by atoms with Crippen molar-refractivity contribution in [2.75, 3.05) is 26.7 Å². The summed E-state index contributed by atoms with van der Waals surface area (Å²) in [6.07, 6.45) is 6.71. The molecule has 0 unspecified atom stereocenters. The van der Waals surface area contributed by atoms with Crippen molar-refractivity contribution in [3.63, 3.8) is 0 Å². The van der Waals surface area contributed by atoms with E-state index in [-0.39, 0.29) is 11.9 Å². The first-order valence-corrected chi connectivity index (χ1v) is 9.81. The fraction of sp³-hybridized carbons (Fsp3) is 0.550. The summed E-state index contributed by atoms with van der Waals surface area (Å²) in [5, 5.41) is 11.8. The van der Waals surface area contributed by atoms with Gasteiger partial charge in [0.1, 0.15) is 5.75 Å². The van der Waals surface area contributed by atoms with Gasteiger partial charge in [-0.1, -0.05) is 23.4 Å². The van der Waals surface area contributed by atoms with Crippen LogP contribution >= 0.6 is 0 Å². The number of rotatable bonds is 5. The molecule has 2 aliphatic rings. The standard InChI is InChI=1S/C20H27N5O2/c1-27-19-7-3-2-5-15(19)13-17-6-4-12-24(17)20(26)18-14-25(23-22-18)16-8-10-21-11-9-16/h2-3,5,7,14,16-17,21H,4,6,8-13H2,1H3/t17-/m0/s1. The predicted octanol–water partition coefficient (Wildman–Crippen LogP) is 2.06. The lowest BCUT2D eigenvalue weighted by molar-refractivity contribution is 0.0730. The summed E-state index contributed by atoms with van der Waals surface area (Å²) in [4.78, 5) is 15.0. The third kappa shape index (κ3) is 3.83. The molecule has 2 aromatic rings. The summed E-state index contributed by atoms with van der Waals surface area (Å²) in [5.74, 6) is 0.876. The van der Waals surface area contributed by atoms with E-state index in [0.29, 0.717) is 11.7 Å². The molecule has 0 bridgehead atoms. The first-order chi connectivity index (χ1) is 13.3. The lowest BCUT2D eigenvalue weighted by Crippen LogP contribution is -2.37. The van der Waals surface area contributed by atoms with Gasteiger partial charge in [0.15, 0.2) is 5.69 Å². The summed E-state index contributed by atoms with van der Waals surface area (Å²) in [6, 6.07) is 8.55. The fourth-order valence-corrected chi connectivity index (χ4v) is 4.21. The van der Waals surface area contributed by atoms with E-state index in [1.807, 2.05) is 34.0 Å². The number of ether oxygens (including phenoxy) is 1. The minimum absolute atomic E-state index is 0.00687. The Labute approximate surface area is 159 Å². The molecule has 2 aliphatic heterocycles. The third-order valence-electron chi connectivity index (χ3n) is 5.70. The van der Waals surface area contributed by atoms with Crippen molar-refractivity contribution in [3.8, 4) is 5.75 Å². The molecule has 0 radical (unpaired) electrons. The van der Waals surface area contributed by atoms with Crippen LogP contribution in [0.15, 0.2) is 30.5 Å². The second kappa shape index (κ2) is 8.08. The van der Waals surface area contributed by atoms with Gasteiger partial charge in [-0.25, -0.2) is 4.68 Å². The Morgan fingerprint density at radius 2 is 2.07 bits per heavy atom. The van der Waals surface area contributed by atoms with Crippen LogP contribution in [-0.2, 0) is 6.42 Å². The average Bonchev–Trinajstić information content (AvgIpc) is 3.38. The van der Waals surface area contributed by atoms with E-state index in [2.05, 4.69) is 21.7 Å². The van der Waals surface area contributed by atoms with E-state index < -0.39 is 0 Å². The van der Waals surface area contributed by atoms with Crippen molar-refractivity contribution in [2.45, 2.75) is 44.2 Å². The van der Waals surface area contributed by atoms with Gasteiger partial charge in [0.25, 0.3) is 5.91 Å². The van der Waals surface area contributed by atoms with Gasteiger partial charge in [0.2, 0.25) is 0 Å². The first-order valence-electron chi connectivity index (χ1n) is 9.81. The molecule has 2 saturated heterocycles. The quantitative estimate of drug-likeness (QED) is 0.873. The molecule has 0 aliphatic carbocycles. The molecule has 7 nitrogen and oxygen atoms in total. The van der Waals surface area contributed by atoms with Crippen LogP contribution in [-0.4, -0.2) is 58.6 Å². The number of methoxy groups -OCH3 is 1. The monoisotopic (exact) mass is 369 g/mol. The molecule has 1 N–H and O–H groups in total. The van der Waals surface area contributed by atoms with Crippen LogP contribution in [0.3, 0.4) is 0 Å². The summed E-state index contributed by atoms with van der Waals surface area (Å²) in [7, 11) is 1.69. The number of nitrogens with zero attached hydrogens (tertiary/aromatic N) is 4. The summed E-state index contributed by atoms with van der Waals surface area (Å²) < 4.78 is 7.35. The van der Waals surface area contributed by atoms with E-state index in [4.69, 9.17) is 4.74 Å². The molecule has 1 aromatic heterocycles. The molecule has 27 heavy (non-hydrogen) atoms. The number of benzene rings is 1. The fourth-order valence-electron chi connectivity index (χ4n) is 4.21. The lowest BCUT2D eigenvalue weighted by atomic mass is 10.0. The molecule has 4 rings (SSSR count). The summed E-state index contributed by atoms with van der Waals surface area (Å²) in [5.41, 5.74) is 1.60. The number of carbonyl (C=O) groups excluding carboxylic acids is 1. The number of amides is 1. The maximum atomic E-state index is 13.1. The van der Waals surface area contributed by atoms with Gasteiger partial charge in [0, 0.05) is 12.6 Å². The Bertz CT molecular complexity index is 784. The van der Waals surface area contributed by atoms with E-state index in [1.54, 1.807) is 7.11 Å². The van der Waals surface area contributed by atoms with Crippen molar-refractivity contribution in [2.24, 2.45) is 0 Å². The van der Waals surface area contributed by atoms with Gasteiger partial charge in [-0.2, -0.15) is 0 Å². The normalized spacial score (nSPS) is 20.8. The summed E-state index contributed by atoms with van der Waals surface area (Å²) >= 11 is 0. The highest BCUT2D eigenvalue weighted by molar-refractivity contribution is 5.92. The number of carbonyl (C=O) groups is 1. The number of aromatic nitrogens is 3. The topological polar surface area (TPSA) is 72.3 Å². The molecule has 0 spiro atoms. The Morgan fingerprint density at radius 1 is 1.26 bits per heavy atom. The van der Waals surface area contributed by atoms with Gasteiger partial charge in [-0.3, -0.25) is 4.79 Å². The van der Waals surface area contributed by atoms with Crippen LogP contribution in [0.25, 0.3) is 0 Å². The number of nitrogens with one attached hydrogen (secondary N) is 1. The zero-order valence-electron chi connectivity index (χ0n) is 15.8. The van der Waals surface area contributed by atoms with Crippen LogP contribution in [0.1, 0.15) is 47.8 Å². The second-order valence-corrected chi connectivity index (χ2v) is 7.38. The molecule has 2 fully saturated rings. The van der Waals surface area contributed by atoms with Gasteiger partial charge in [-0.15, -0.1) is 5.10 Å². The van der Waals surface area contributed by atoms with Crippen LogP contribution in [0.4, 0.5) is 0 Å². The van der Waals surface area contributed by atoms with Crippen molar-refractivity contribution in [3.05, 3.63) is 41.7 Å². The highest BCUT2D eigenvalue weighted by atomic mass is 16.5. The van der Waals surface area contributed by atoms with Crippen LogP contribution < -0.4 is 10.1 Å². The van der Waals surface area contributed by atoms with Crippen molar-refractivity contribution in [1.82, 2.24) is 25.2 Å². The maximum Gasteiger partial charge on any atom is 0.276 e. The number of hydrogen-bond donors (Lipinski definition) is 1. The van der Waals surface area contributed by atoms with E-state index >= 15 is 0 Å². The largest absolute Gasteiger partial charge is 0.496 e. The smallest absolute Gasteiger partial charge is 0.276 e. The van der Waals surface area contributed by atoms with Crippen LogP contribution in [0.5, 0.6) is 5.75 Å². The van der Waals surface area contributed by atoms with Gasteiger partial charge in [-0.05, 0) is 56.8 Å². The van der Waals surface area contributed by atoms with Crippen molar-refractivity contribution >= 4 is 5.91 Å².